The zero-order valence-corrected chi connectivity index (χ0v) is 8.68. The number of alkyl halides is 3. The highest BCUT2D eigenvalue weighted by Crippen LogP contribution is 2.30. The van der Waals surface area contributed by atoms with Crippen LogP contribution >= 0.6 is 11.6 Å². The van der Waals surface area contributed by atoms with Gasteiger partial charge in [-0.25, -0.2) is 0 Å². The Bertz CT molecular complexity index is 533. The predicted molar refractivity (Wildman–Crippen MR) is 55.2 cm³/mol. The van der Waals surface area contributed by atoms with Crippen LogP contribution in [0.1, 0.15) is 0 Å². The lowest BCUT2D eigenvalue weighted by Crippen LogP contribution is -2.18. The molecule has 1 aromatic carbocycles. The molecule has 0 saturated carbocycles. The zero-order chi connectivity index (χ0) is 11.9. The molecule has 1 heterocycles. The van der Waals surface area contributed by atoms with Gasteiger partial charge in [-0.1, -0.05) is 17.7 Å². The SMILES string of the molecule is Nc1nn(CC(F)(F)F)c2cccc(Cl)c12. The number of aromatic nitrogens is 2. The fourth-order valence-corrected chi connectivity index (χ4v) is 1.77. The normalized spacial score (nSPS) is 12.2. The quantitative estimate of drug-likeness (QED) is 0.845. The highest BCUT2D eigenvalue weighted by atomic mass is 35.5. The summed E-state index contributed by atoms with van der Waals surface area (Å²) in [6, 6.07) is 4.61. The molecule has 1 aromatic heterocycles. The minimum Gasteiger partial charge on any atom is -0.382 e. The van der Waals surface area contributed by atoms with Crippen LogP contribution in [0.4, 0.5) is 19.0 Å². The highest BCUT2D eigenvalue weighted by molar-refractivity contribution is 6.36. The summed E-state index contributed by atoms with van der Waals surface area (Å²) in [6.07, 6.45) is -4.34. The third kappa shape index (κ3) is 1.92. The molecule has 0 spiro atoms. The smallest absolute Gasteiger partial charge is 0.382 e. The van der Waals surface area contributed by atoms with Crippen LogP contribution in [-0.2, 0) is 6.54 Å². The molecule has 2 rings (SSSR count). The van der Waals surface area contributed by atoms with Gasteiger partial charge in [-0.15, -0.1) is 0 Å². The second kappa shape index (κ2) is 3.55. The second-order valence-corrected chi connectivity index (χ2v) is 3.70. The van der Waals surface area contributed by atoms with Crippen molar-refractivity contribution in [1.29, 1.82) is 0 Å². The van der Waals surface area contributed by atoms with Crippen LogP contribution in [-0.4, -0.2) is 16.0 Å². The number of nitrogens with zero attached hydrogens (tertiary/aromatic N) is 2. The van der Waals surface area contributed by atoms with Crippen molar-refractivity contribution in [3.05, 3.63) is 23.2 Å². The molecule has 2 aromatic rings. The van der Waals surface area contributed by atoms with Crippen molar-refractivity contribution in [1.82, 2.24) is 9.78 Å². The van der Waals surface area contributed by atoms with Gasteiger partial charge in [-0.2, -0.15) is 18.3 Å². The monoisotopic (exact) mass is 249 g/mol. The second-order valence-electron chi connectivity index (χ2n) is 3.29. The summed E-state index contributed by atoms with van der Waals surface area (Å²) in [5.74, 6) is 0.00449. The molecule has 86 valence electrons. The fourth-order valence-electron chi connectivity index (χ4n) is 1.51. The first-order valence-corrected chi connectivity index (χ1v) is 4.73. The standard InChI is InChI=1S/C9H7ClF3N3/c10-5-2-1-3-6-7(5)8(14)15-16(6)4-9(11,12)13/h1-3H,4H2,(H2,14,15). The van der Waals surface area contributed by atoms with Crippen molar-refractivity contribution in [2.75, 3.05) is 5.73 Å². The highest BCUT2D eigenvalue weighted by Gasteiger charge is 2.29. The largest absolute Gasteiger partial charge is 0.408 e. The van der Waals surface area contributed by atoms with E-state index in [0.29, 0.717) is 10.4 Å². The number of anilines is 1. The molecule has 2 N–H and O–H groups in total. The Kier molecular flexibility index (Phi) is 2.46. The average Bonchev–Trinajstić information content (AvgIpc) is 2.42. The van der Waals surface area contributed by atoms with Crippen molar-refractivity contribution in [3.63, 3.8) is 0 Å². The molecule has 0 radical (unpaired) electrons. The van der Waals surface area contributed by atoms with E-state index in [0.717, 1.165) is 4.68 Å². The van der Waals surface area contributed by atoms with E-state index in [-0.39, 0.29) is 11.3 Å². The average molecular weight is 250 g/mol. The number of fused-ring (bicyclic) bond motifs is 1. The molecular weight excluding hydrogens is 243 g/mol. The lowest BCUT2D eigenvalue weighted by molar-refractivity contribution is -0.141. The van der Waals surface area contributed by atoms with Crippen molar-refractivity contribution in [2.45, 2.75) is 12.7 Å². The van der Waals surface area contributed by atoms with Crippen LogP contribution in [0.3, 0.4) is 0 Å². The minimum atomic E-state index is -4.34. The number of rotatable bonds is 1. The number of halogens is 4. The maximum absolute atomic E-state index is 12.2. The summed E-state index contributed by atoms with van der Waals surface area (Å²) in [5, 5.41) is 4.28. The Morgan fingerprint density at radius 2 is 2.06 bits per heavy atom. The van der Waals surface area contributed by atoms with Gasteiger partial charge in [0.2, 0.25) is 0 Å². The molecule has 0 aliphatic carbocycles. The van der Waals surface area contributed by atoms with Gasteiger partial charge >= 0.3 is 6.18 Å². The van der Waals surface area contributed by atoms with Gasteiger partial charge in [0.25, 0.3) is 0 Å². The summed E-state index contributed by atoms with van der Waals surface area (Å²) in [4.78, 5) is 0. The lowest BCUT2D eigenvalue weighted by Gasteiger charge is -2.06. The molecule has 0 amide bonds. The molecule has 0 aliphatic heterocycles. The maximum Gasteiger partial charge on any atom is 0.408 e. The van der Waals surface area contributed by atoms with Gasteiger partial charge in [0.05, 0.1) is 15.9 Å². The lowest BCUT2D eigenvalue weighted by atomic mass is 10.2. The van der Waals surface area contributed by atoms with E-state index in [1.54, 1.807) is 12.1 Å². The van der Waals surface area contributed by atoms with Crippen LogP contribution < -0.4 is 5.73 Å². The van der Waals surface area contributed by atoms with Crippen LogP contribution in [0.25, 0.3) is 10.9 Å². The summed E-state index contributed by atoms with van der Waals surface area (Å²) in [6.45, 7) is -1.18. The van der Waals surface area contributed by atoms with E-state index in [1.807, 2.05) is 0 Å². The Balaban J connectivity index is 2.60. The van der Waals surface area contributed by atoms with E-state index < -0.39 is 12.7 Å². The Labute approximate surface area is 93.6 Å². The first-order valence-electron chi connectivity index (χ1n) is 4.36. The minimum absolute atomic E-state index is 0.00449. The van der Waals surface area contributed by atoms with Crippen molar-refractivity contribution >= 4 is 28.3 Å². The molecular formula is C9H7ClF3N3. The Morgan fingerprint density at radius 3 is 2.69 bits per heavy atom. The van der Waals surface area contributed by atoms with Crippen molar-refractivity contribution in [2.24, 2.45) is 0 Å². The van der Waals surface area contributed by atoms with E-state index >= 15 is 0 Å². The molecule has 0 aliphatic rings. The molecule has 0 saturated heterocycles. The molecule has 16 heavy (non-hydrogen) atoms. The van der Waals surface area contributed by atoms with Crippen molar-refractivity contribution < 1.29 is 13.2 Å². The van der Waals surface area contributed by atoms with Gasteiger partial charge in [0.15, 0.2) is 5.82 Å². The van der Waals surface area contributed by atoms with E-state index in [9.17, 15) is 13.2 Å². The van der Waals surface area contributed by atoms with Gasteiger partial charge in [0, 0.05) is 0 Å². The van der Waals surface area contributed by atoms with Crippen LogP contribution in [0.2, 0.25) is 5.02 Å². The number of benzene rings is 1. The summed E-state index contributed by atoms with van der Waals surface area (Å²) < 4.78 is 37.5. The molecule has 3 nitrogen and oxygen atoms in total. The van der Waals surface area contributed by atoms with E-state index in [1.165, 1.54) is 6.07 Å². The van der Waals surface area contributed by atoms with Crippen LogP contribution in [0.15, 0.2) is 18.2 Å². The Hall–Kier alpha value is -1.43. The molecule has 0 fully saturated rings. The van der Waals surface area contributed by atoms with Crippen LogP contribution in [0.5, 0.6) is 0 Å². The first kappa shape index (κ1) is 11.1. The van der Waals surface area contributed by atoms with Crippen molar-refractivity contribution in [3.8, 4) is 0 Å². The number of hydrogen-bond donors (Lipinski definition) is 1. The maximum atomic E-state index is 12.2. The Morgan fingerprint density at radius 1 is 1.38 bits per heavy atom. The summed E-state index contributed by atoms with van der Waals surface area (Å²) in [7, 11) is 0. The fraction of sp³-hybridized carbons (Fsp3) is 0.222. The van der Waals surface area contributed by atoms with E-state index in [2.05, 4.69) is 5.10 Å². The zero-order valence-electron chi connectivity index (χ0n) is 7.92. The molecule has 0 unspecified atom stereocenters. The van der Waals surface area contributed by atoms with Gasteiger partial charge in [-0.05, 0) is 12.1 Å². The summed E-state index contributed by atoms with van der Waals surface area (Å²) >= 11 is 5.83. The molecule has 0 atom stereocenters. The molecule has 0 bridgehead atoms. The van der Waals surface area contributed by atoms with Crippen LogP contribution in [0, 0.1) is 0 Å². The molecule has 7 heteroatoms. The number of nitrogens with two attached hydrogens (primary N) is 1. The predicted octanol–water partition coefficient (Wildman–Crippen LogP) is 2.83. The summed E-state index contributed by atoms with van der Waals surface area (Å²) in [5.41, 5.74) is 5.79. The first-order chi connectivity index (χ1) is 7.38. The van der Waals surface area contributed by atoms with Gasteiger partial charge in [0.1, 0.15) is 6.54 Å². The third-order valence-corrected chi connectivity index (χ3v) is 2.40. The number of nitrogen functional groups attached to an aromatic ring is 1. The topological polar surface area (TPSA) is 43.8 Å². The van der Waals surface area contributed by atoms with Gasteiger partial charge in [-0.3, -0.25) is 4.68 Å². The van der Waals surface area contributed by atoms with E-state index in [4.69, 9.17) is 17.3 Å². The van der Waals surface area contributed by atoms with Gasteiger partial charge < -0.3 is 5.73 Å². The number of hydrogen-bond acceptors (Lipinski definition) is 2. The third-order valence-electron chi connectivity index (χ3n) is 2.08.